The van der Waals surface area contributed by atoms with Gasteiger partial charge in [-0.15, -0.1) is 0 Å². The summed E-state index contributed by atoms with van der Waals surface area (Å²) in [5, 5.41) is 16.9. The molecule has 0 amide bonds. The van der Waals surface area contributed by atoms with Crippen LogP contribution in [0.5, 0.6) is 23.0 Å². The Kier molecular flexibility index (Phi) is 7.16. The SMILES string of the molecule is COc1ccc(OC)c(-c2ccc(N=[N+]([O-])c3ccc(-c4cc(OC)ccc4OC)cc3)cc2)c1. The number of nitrogens with zero attached hydrogens (tertiary/aromatic N) is 2. The second-order valence-corrected chi connectivity index (χ2v) is 7.60. The zero-order valence-corrected chi connectivity index (χ0v) is 20.0. The van der Waals surface area contributed by atoms with Crippen LogP contribution in [0.3, 0.4) is 0 Å². The Hall–Kier alpha value is -4.52. The van der Waals surface area contributed by atoms with Crippen LogP contribution in [-0.2, 0) is 0 Å². The van der Waals surface area contributed by atoms with Crippen molar-refractivity contribution in [2.45, 2.75) is 0 Å². The van der Waals surface area contributed by atoms with E-state index in [0.29, 0.717) is 16.2 Å². The highest BCUT2D eigenvalue weighted by Crippen LogP contribution is 2.36. The molecule has 0 aliphatic rings. The van der Waals surface area contributed by atoms with Gasteiger partial charge in [-0.3, -0.25) is 0 Å². The predicted octanol–water partition coefficient (Wildman–Crippen LogP) is 6.98. The van der Waals surface area contributed by atoms with E-state index < -0.39 is 0 Å². The highest BCUT2D eigenvalue weighted by Gasteiger charge is 2.11. The van der Waals surface area contributed by atoms with E-state index in [4.69, 9.17) is 18.9 Å². The first-order valence-electron chi connectivity index (χ1n) is 10.9. The van der Waals surface area contributed by atoms with Gasteiger partial charge >= 0.3 is 0 Å². The van der Waals surface area contributed by atoms with Crippen LogP contribution in [0, 0.1) is 5.21 Å². The molecular formula is C28H26N2O5. The molecule has 4 aromatic rings. The van der Waals surface area contributed by atoms with E-state index in [2.05, 4.69) is 5.11 Å². The number of hydrogen-bond donors (Lipinski definition) is 0. The van der Waals surface area contributed by atoms with Gasteiger partial charge in [0.1, 0.15) is 28.7 Å². The van der Waals surface area contributed by atoms with Crippen molar-refractivity contribution in [3.05, 3.63) is 90.1 Å². The lowest BCUT2D eigenvalue weighted by atomic mass is 10.0. The summed E-state index contributed by atoms with van der Waals surface area (Å²) in [5.74, 6) is 2.90. The van der Waals surface area contributed by atoms with Crippen molar-refractivity contribution in [2.75, 3.05) is 28.4 Å². The predicted molar refractivity (Wildman–Crippen MR) is 135 cm³/mol. The number of hydrogen-bond acceptors (Lipinski definition) is 6. The minimum Gasteiger partial charge on any atom is -0.594 e. The maximum atomic E-state index is 12.7. The Balaban J connectivity index is 1.57. The van der Waals surface area contributed by atoms with Crippen molar-refractivity contribution in [3.63, 3.8) is 0 Å². The molecule has 7 heteroatoms. The first-order valence-corrected chi connectivity index (χ1v) is 10.9. The lowest BCUT2D eigenvalue weighted by molar-refractivity contribution is -0.435. The van der Waals surface area contributed by atoms with E-state index in [0.717, 1.165) is 45.3 Å². The Bertz CT molecular complexity index is 1330. The first kappa shape index (κ1) is 23.6. The van der Waals surface area contributed by atoms with E-state index in [1.54, 1.807) is 52.7 Å². The Labute approximate surface area is 204 Å². The highest BCUT2D eigenvalue weighted by molar-refractivity contribution is 5.74. The monoisotopic (exact) mass is 470 g/mol. The van der Waals surface area contributed by atoms with Crippen LogP contribution in [0.4, 0.5) is 11.4 Å². The molecule has 7 nitrogen and oxygen atoms in total. The van der Waals surface area contributed by atoms with Crippen LogP contribution in [0.15, 0.2) is 90.0 Å². The molecule has 0 aliphatic heterocycles. The van der Waals surface area contributed by atoms with Crippen molar-refractivity contribution < 1.29 is 23.8 Å². The molecule has 0 saturated heterocycles. The number of ether oxygens (including phenoxy) is 4. The summed E-state index contributed by atoms with van der Waals surface area (Å²) < 4.78 is 21.6. The molecule has 0 N–H and O–H groups in total. The summed E-state index contributed by atoms with van der Waals surface area (Å²) in [6.45, 7) is 0. The number of azo groups is 1. The maximum Gasteiger partial charge on any atom is 0.244 e. The summed E-state index contributed by atoms with van der Waals surface area (Å²) in [4.78, 5) is 0.605. The molecule has 0 atom stereocenters. The fourth-order valence-corrected chi connectivity index (χ4v) is 3.72. The lowest BCUT2D eigenvalue weighted by Crippen LogP contribution is -1.92. The van der Waals surface area contributed by atoms with Crippen LogP contribution in [0.1, 0.15) is 0 Å². The van der Waals surface area contributed by atoms with Crippen molar-refractivity contribution in [1.29, 1.82) is 0 Å². The second kappa shape index (κ2) is 10.6. The summed E-state index contributed by atoms with van der Waals surface area (Å²) in [6.07, 6.45) is 0. The van der Waals surface area contributed by atoms with Crippen LogP contribution in [-0.4, -0.2) is 33.3 Å². The van der Waals surface area contributed by atoms with Crippen LogP contribution in [0.25, 0.3) is 22.3 Å². The van der Waals surface area contributed by atoms with Gasteiger partial charge in [0.25, 0.3) is 0 Å². The largest absolute Gasteiger partial charge is 0.594 e. The quantitative estimate of drug-likeness (QED) is 0.158. The summed E-state index contributed by atoms with van der Waals surface area (Å²) >= 11 is 0. The van der Waals surface area contributed by atoms with E-state index >= 15 is 0 Å². The zero-order chi connectivity index (χ0) is 24.8. The van der Waals surface area contributed by atoms with E-state index in [1.807, 2.05) is 60.7 Å². The van der Waals surface area contributed by atoms with Crippen LogP contribution >= 0.6 is 0 Å². The van der Waals surface area contributed by atoms with Gasteiger partial charge in [-0.25, -0.2) is 0 Å². The fourth-order valence-electron chi connectivity index (χ4n) is 3.72. The molecule has 0 unspecified atom stereocenters. The summed E-state index contributed by atoms with van der Waals surface area (Å²) in [5.41, 5.74) is 4.53. The average molecular weight is 471 g/mol. The Morgan fingerprint density at radius 1 is 0.571 bits per heavy atom. The van der Waals surface area contributed by atoms with Crippen molar-refractivity contribution in [2.24, 2.45) is 5.11 Å². The lowest BCUT2D eigenvalue weighted by Gasteiger charge is -2.11. The van der Waals surface area contributed by atoms with Gasteiger partial charge in [0, 0.05) is 28.4 Å². The molecule has 0 fully saturated rings. The Morgan fingerprint density at radius 3 is 1.46 bits per heavy atom. The zero-order valence-electron chi connectivity index (χ0n) is 20.0. The van der Waals surface area contributed by atoms with E-state index in [9.17, 15) is 5.21 Å². The van der Waals surface area contributed by atoms with Gasteiger partial charge in [-0.05, 0) is 71.8 Å². The standard InChI is InChI=1S/C28H26N2O5/c1-32-23-13-15-27(34-3)25(17-23)19-5-9-21(10-6-19)29-30(31)22-11-7-20(8-12-22)26-18-24(33-2)14-16-28(26)35-4/h5-18H,1-4H3. The van der Waals surface area contributed by atoms with E-state index in [-0.39, 0.29) is 0 Å². The van der Waals surface area contributed by atoms with Gasteiger partial charge in [0.2, 0.25) is 5.69 Å². The van der Waals surface area contributed by atoms with Gasteiger partial charge < -0.3 is 24.2 Å². The third-order valence-corrected chi connectivity index (χ3v) is 5.60. The topological polar surface area (TPSA) is 75.4 Å². The molecule has 0 radical (unpaired) electrons. The smallest absolute Gasteiger partial charge is 0.244 e. The summed E-state index contributed by atoms with van der Waals surface area (Å²) in [6, 6.07) is 25.7. The minimum atomic E-state index is 0.411. The fraction of sp³-hybridized carbons (Fsp3) is 0.143. The molecule has 0 bridgehead atoms. The average Bonchev–Trinajstić information content (AvgIpc) is 2.92. The molecular weight excluding hydrogens is 444 g/mol. The molecule has 0 saturated carbocycles. The molecule has 178 valence electrons. The van der Waals surface area contributed by atoms with Gasteiger partial charge in [0.05, 0.1) is 28.4 Å². The molecule has 0 spiro atoms. The molecule has 4 aromatic carbocycles. The van der Waals surface area contributed by atoms with Gasteiger partial charge in [-0.1, -0.05) is 17.0 Å². The Morgan fingerprint density at radius 2 is 1.03 bits per heavy atom. The minimum absolute atomic E-state index is 0.411. The molecule has 0 aromatic heterocycles. The highest BCUT2D eigenvalue weighted by atomic mass is 16.5. The van der Waals surface area contributed by atoms with Crippen LogP contribution < -0.4 is 18.9 Å². The van der Waals surface area contributed by atoms with Crippen molar-refractivity contribution >= 4 is 11.4 Å². The third-order valence-electron chi connectivity index (χ3n) is 5.60. The number of benzene rings is 4. The van der Waals surface area contributed by atoms with Gasteiger partial charge in [-0.2, -0.15) is 0 Å². The van der Waals surface area contributed by atoms with E-state index in [1.165, 1.54) is 0 Å². The van der Waals surface area contributed by atoms with Crippen molar-refractivity contribution in [3.8, 4) is 45.3 Å². The number of rotatable bonds is 8. The van der Waals surface area contributed by atoms with Gasteiger partial charge in [0.15, 0.2) is 0 Å². The second-order valence-electron chi connectivity index (χ2n) is 7.60. The number of methoxy groups -OCH3 is 4. The van der Waals surface area contributed by atoms with Crippen molar-refractivity contribution in [1.82, 2.24) is 0 Å². The first-order chi connectivity index (χ1) is 17.1. The third kappa shape index (κ3) is 5.19. The molecule has 0 aliphatic carbocycles. The normalized spacial score (nSPS) is 11.1. The van der Waals surface area contributed by atoms with Crippen LogP contribution in [0.2, 0.25) is 0 Å². The molecule has 4 rings (SSSR count). The maximum absolute atomic E-state index is 12.7. The molecule has 35 heavy (non-hydrogen) atoms. The summed E-state index contributed by atoms with van der Waals surface area (Å²) in [7, 11) is 6.48. The molecule has 0 heterocycles.